The molecular formula is C42H43F5N6O5. The van der Waals surface area contributed by atoms with Crippen LogP contribution in [0.4, 0.5) is 32.6 Å². The predicted octanol–water partition coefficient (Wildman–Crippen LogP) is 7.27. The van der Waals surface area contributed by atoms with Crippen LogP contribution in [0.5, 0.6) is 11.8 Å². The second-order valence-corrected chi connectivity index (χ2v) is 17.4. The van der Waals surface area contributed by atoms with Gasteiger partial charge in [0.25, 0.3) is 5.92 Å². The highest BCUT2D eigenvalue weighted by atomic mass is 19.3. The second kappa shape index (κ2) is 13.5. The molecule has 5 fully saturated rings. The first-order valence-corrected chi connectivity index (χ1v) is 19.4. The van der Waals surface area contributed by atoms with Gasteiger partial charge in [-0.3, -0.25) is 14.8 Å². The number of rotatable bonds is 8. The molecule has 1 spiro atoms. The van der Waals surface area contributed by atoms with Crippen molar-refractivity contribution in [2.75, 3.05) is 51.6 Å². The van der Waals surface area contributed by atoms with Crippen molar-refractivity contribution >= 4 is 33.6 Å². The lowest BCUT2D eigenvalue weighted by Gasteiger charge is -2.42. The van der Waals surface area contributed by atoms with Crippen molar-refractivity contribution in [1.29, 1.82) is 0 Å². The summed E-state index contributed by atoms with van der Waals surface area (Å²) in [4.78, 5) is 32.7. The number of benzene rings is 2. The summed E-state index contributed by atoms with van der Waals surface area (Å²) < 4.78 is 99.6. The fourth-order valence-electron chi connectivity index (χ4n) is 9.81. The number of aromatic nitrogens is 3. The minimum Gasteiger partial charge on any atom is -0.468 e. The summed E-state index contributed by atoms with van der Waals surface area (Å²) in [5.41, 5.74) is -3.28. The maximum absolute atomic E-state index is 17.4. The number of hydrogen-bond donors (Lipinski definition) is 0. The van der Waals surface area contributed by atoms with E-state index in [4.69, 9.17) is 30.4 Å². The van der Waals surface area contributed by atoms with E-state index in [1.807, 2.05) is 25.7 Å². The van der Waals surface area contributed by atoms with E-state index in [9.17, 15) is 18.0 Å². The summed E-state index contributed by atoms with van der Waals surface area (Å²) in [5, 5.41) is 0.930. The Bertz CT molecular complexity index is 2380. The Balaban J connectivity index is 1.15. The highest BCUT2D eigenvalue weighted by molar-refractivity contribution is 6.03. The third kappa shape index (κ3) is 6.32. The van der Waals surface area contributed by atoms with Gasteiger partial charge in [-0.15, -0.1) is 6.42 Å². The van der Waals surface area contributed by atoms with Crippen LogP contribution >= 0.6 is 0 Å². The van der Waals surface area contributed by atoms with Gasteiger partial charge < -0.3 is 23.8 Å². The molecule has 2 aromatic carbocycles. The van der Waals surface area contributed by atoms with Gasteiger partial charge in [0.05, 0.1) is 34.0 Å². The molecule has 58 heavy (non-hydrogen) atoms. The summed E-state index contributed by atoms with van der Waals surface area (Å²) in [6.07, 6.45) is 6.79. The second-order valence-electron chi connectivity index (χ2n) is 17.4. The molecule has 306 valence electrons. The van der Waals surface area contributed by atoms with Crippen LogP contribution in [-0.4, -0.2) is 113 Å². The number of pyridine rings is 1. The fourth-order valence-corrected chi connectivity index (χ4v) is 9.81. The Morgan fingerprint density at radius 3 is 2.47 bits per heavy atom. The molecule has 2 aromatic heterocycles. The standard InChI is InChI=1S/C42H43F5N6O5/c1-6-28-31(44)10-7-23-11-27(57-22-55-5)12-29(32(23)28)34-33(45)35-30(14-48-34)36(51-16-25-8-9-26(17-51)53(25)38(54)58-39(2,3)4)50-37(49-35)56-21-41-13-24(43)15-52(41)20-40(18-41)19-42(40,46)47/h1,7,10-12,14,24-26H,8-9,13,15-22H2,2-5H3/t24?,25?,26?,40-,41-/m0/s1. The average Bonchev–Trinajstić information content (AvgIpc) is 3.35. The molecule has 0 radical (unpaired) electrons. The van der Waals surface area contributed by atoms with Crippen LogP contribution in [0.25, 0.3) is 32.9 Å². The van der Waals surface area contributed by atoms with Gasteiger partial charge in [0, 0.05) is 63.3 Å². The van der Waals surface area contributed by atoms with Crippen LogP contribution in [-0.2, 0) is 9.47 Å². The maximum Gasteiger partial charge on any atom is 0.410 e. The highest BCUT2D eigenvalue weighted by Crippen LogP contribution is 2.69. The molecule has 4 aromatic rings. The van der Waals surface area contributed by atoms with Crippen molar-refractivity contribution in [1.82, 2.24) is 24.8 Å². The SMILES string of the molecule is C#Cc1c(F)ccc2cc(OCOC)cc(-c3ncc4c(N5CC6CCC(C5)N6C(=O)OC(C)(C)C)nc(OC[C@@]56CC(F)CN5C[C@@]5(CC5(F)F)C6)nc4c3F)c12. The summed E-state index contributed by atoms with van der Waals surface area (Å²) in [7, 11) is 1.45. The van der Waals surface area contributed by atoms with Crippen molar-refractivity contribution in [3.05, 3.63) is 47.7 Å². The van der Waals surface area contributed by atoms with Crippen molar-refractivity contribution in [3.8, 4) is 35.4 Å². The lowest BCUT2D eigenvalue weighted by atomic mass is 9.88. The van der Waals surface area contributed by atoms with Gasteiger partial charge in [0.15, 0.2) is 12.6 Å². The zero-order valence-electron chi connectivity index (χ0n) is 32.6. The van der Waals surface area contributed by atoms with E-state index in [0.717, 1.165) is 0 Å². The van der Waals surface area contributed by atoms with Crippen LogP contribution in [0.3, 0.4) is 0 Å². The highest BCUT2D eigenvalue weighted by Gasteiger charge is 2.77. The number of methoxy groups -OCH3 is 1. The molecule has 11 nitrogen and oxygen atoms in total. The summed E-state index contributed by atoms with van der Waals surface area (Å²) >= 11 is 0. The molecule has 1 amide bonds. The number of nitrogens with zero attached hydrogens (tertiary/aromatic N) is 6. The van der Waals surface area contributed by atoms with E-state index < -0.39 is 46.4 Å². The van der Waals surface area contributed by atoms with Gasteiger partial charge in [-0.2, -0.15) is 9.97 Å². The third-order valence-electron chi connectivity index (χ3n) is 12.3. The Hall–Kier alpha value is -5.01. The van der Waals surface area contributed by atoms with E-state index >= 15 is 8.78 Å². The quantitative estimate of drug-likeness (QED) is 0.103. The minimum atomic E-state index is -2.84. The Morgan fingerprint density at radius 1 is 1.05 bits per heavy atom. The molecule has 4 saturated heterocycles. The number of ether oxygens (including phenoxy) is 4. The first-order chi connectivity index (χ1) is 27.5. The Kier molecular flexibility index (Phi) is 8.98. The smallest absolute Gasteiger partial charge is 0.410 e. The number of carbonyl (C=O) groups is 1. The number of terminal acetylenes is 1. The van der Waals surface area contributed by atoms with Crippen LogP contribution in [0.2, 0.25) is 0 Å². The van der Waals surface area contributed by atoms with Gasteiger partial charge >= 0.3 is 12.1 Å². The molecule has 16 heteroatoms. The molecule has 9 rings (SSSR count). The van der Waals surface area contributed by atoms with Gasteiger partial charge in [-0.25, -0.2) is 26.7 Å². The van der Waals surface area contributed by atoms with Gasteiger partial charge in [0.2, 0.25) is 0 Å². The number of hydrogen-bond acceptors (Lipinski definition) is 10. The fraction of sp³-hybridized carbons (Fsp3) is 0.524. The van der Waals surface area contributed by atoms with Crippen LogP contribution in [0.1, 0.15) is 58.4 Å². The first kappa shape index (κ1) is 38.5. The van der Waals surface area contributed by atoms with E-state index in [1.54, 1.807) is 15.9 Å². The number of amides is 1. The topological polar surface area (TPSA) is 102 Å². The molecular weight excluding hydrogens is 763 g/mol. The lowest BCUT2D eigenvalue weighted by molar-refractivity contribution is 0.0122. The Morgan fingerprint density at radius 2 is 1.79 bits per heavy atom. The largest absolute Gasteiger partial charge is 0.468 e. The number of carbonyl (C=O) groups excluding carboxylic acids is 1. The predicted molar refractivity (Wildman–Crippen MR) is 204 cm³/mol. The third-order valence-corrected chi connectivity index (χ3v) is 12.3. The van der Waals surface area contributed by atoms with Crippen molar-refractivity contribution in [2.24, 2.45) is 5.41 Å². The number of fused-ring (bicyclic) bond motifs is 5. The monoisotopic (exact) mass is 806 g/mol. The summed E-state index contributed by atoms with van der Waals surface area (Å²) in [5.74, 6) is -1.45. The van der Waals surface area contributed by atoms with E-state index in [0.29, 0.717) is 31.3 Å². The number of piperazine rings is 1. The van der Waals surface area contributed by atoms with Crippen LogP contribution in [0, 0.1) is 29.4 Å². The van der Waals surface area contributed by atoms with Crippen molar-refractivity contribution < 1.29 is 45.7 Å². The summed E-state index contributed by atoms with van der Waals surface area (Å²) in [6, 6.07) is 5.14. The van der Waals surface area contributed by atoms with E-state index in [1.165, 1.54) is 31.5 Å². The van der Waals surface area contributed by atoms with Crippen LogP contribution in [0.15, 0.2) is 30.5 Å². The van der Waals surface area contributed by atoms with E-state index in [-0.39, 0.29) is 109 Å². The molecule has 4 aliphatic heterocycles. The zero-order valence-corrected chi connectivity index (χ0v) is 32.6. The molecule has 1 aliphatic carbocycles. The van der Waals surface area contributed by atoms with Gasteiger partial charge in [-0.05, 0) is 63.6 Å². The molecule has 6 heterocycles. The van der Waals surface area contributed by atoms with Gasteiger partial charge in [-0.1, -0.05) is 12.0 Å². The summed E-state index contributed by atoms with van der Waals surface area (Å²) in [6.45, 7) is 5.85. The number of anilines is 1. The van der Waals surface area contributed by atoms with Crippen molar-refractivity contribution in [2.45, 2.75) is 88.2 Å². The molecule has 3 unspecified atom stereocenters. The average molecular weight is 807 g/mol. The van der Waals surface area contributed by atoms with Crippen molar-refractivity contribution in [3.63, 3.8) is 0 Å². The maximum atomic E-state index is 17.4. The van der Waals surface area contributed by atoms with Gasteiger partial charge in [0.1, 0.15) is 47.0 Å². The minimum absolute atomic E-state index is 0.00626. The molecule has 1 saturated carbocycles. The molecule has 2 bridgehead atoms. The molecule has 5 atom stereocenters. The van der Waals surface area contributed by atoms with Crippen LogP contribution < -0.4 is 14.4 Å². The molecule has 0 N–H and O–H groups in total. The molecule has 5 aliphatic rings. The lowest BCUT2D eigenvalue weighted by Crippen LogP contribution is -2.57. The number of alkyl halides is 3. The zero-order chi connectivity index (χ0) is 40.9. The normalized spacial score (nSPS) is 27.3. The first-order valence-electron chi connectivity index (χ1n) is 19.4. The number of halogens is 5. The van der Waals surface area contributed by atoms with E-state index in [2.05, 4.69) is 15.9 Å². The Labute approximate surface area is 331 Å².